The summed E-state index contributed by atoms with van der Waals surface area (Å²) in [6.45, 7) is 29.9. The highest BCUT2D eigenvalue weighted by Crippen LogP contribution is 2.12. The van der Waals surface area contributed by atoms with Crippen molar-refractivity contribution < 1.29 is 48.8 Å². The van der Waals surface area contributed by atoms with Gasteiger partial charge in [-0.1, -0.05) is 62.6 Å². The van der Waals surface area contributed by atoms with Crippen LogP contribution in [0.1, 0.15) is 29.1 Å². The lowest BCUT2D eigenvalue weighted by atomic mass is 10.3. The van der Waals surface area contributed by atoms with Gasteiger partial charge in [0.15, 0.2) is 0 Å². The first-order valence-corrected chi connectivity index (χ1v) is 16.9. The van der Waals surface area contributed by atoms with Crippen LogP contribution in [-0.2, 0) is 52.5 Å². The molecule has 16 heteroatoms. The number of carbonyl (C=O) groups excluding carboxylic acids is 2. The van der Waals surface area contributed by atoms with E-state index in [-0.39, 0.29) is 17.8 Å². The number of carbonyl (C=O) groups is 2. The van der Waals surface area contributed by atoms with Gasteiger partial charge in [-0.2, -0.15) is 25.3 Å². The summed E-state index contributed by atoms with van der Waals surface area (Å²) in [5.41, 5.74) is 16.8. The molecule has 262 valence electrons. The first kappa shape index (κ1) is 51.5. The van der Waals surface area contributed by atoms with E-state index in [9.17, 15) is 34.8 Å². The molecule has 13 nitrogen and oxygen atoms in total. The zero-order valence-corrected chi connectivity index (χ0v) is 29.9. The number of nitrogens with one attached hydrogen (secondary N) is 1. The second kappa shape index (κ2) is 28.4. The molecule has 0 saturated heterocycles. The second-order valence-corrected chi connectivity index (χ2v) is 13.5. The van der Waals surface area contributed by atoms with Gasteiger partial charge in [0.05, 0.1) is 37.7 Å². The number of hydrogen-bond donors (Lipinski definition) is 2. The molecule has 0 aliphatic rings. The maximum atomic E-state index is 10.9. The highest BCUT2D eigenvalue weighted by molar-refractivity contribution is 7.91. The van der Waals surface area contributed by atoms with Crippen molar-refractivity contribution in [2.24, 2.45) is 5.73 Å². The van der Waals surface area contributed by atoms with Gasteiger partial charge in [0.1, 0.15) is 0 Å². The number of amides is 2. The van der Waals surface area contributed by atoms with Gasteiger partial charge in [0.25, 0.3) is 30.4 Å². The third-order valence-corrected chi connectivity index (χ3v) is 8.04. The van der Waals surface area contributed by atoms with Crippen molar-refractivity contribution in [3.8, 4) is 0 Å². The molecule has 46 heavy (non-hydrogen) atoms. The van der Waals surface area contributed by atoms with Crippen LogP contribution in [0.25, 0.3) is 0 Å². The Morgan fingerprint density at radius 2 is 1.30 bits per heavy atom. The zero-order valence-electron chi connectivity index (χ0n) is 27.5. The third-order valence-electron chi connectivity index (χ3n) is 3.87. The van der Waals surface area contributed by atoms with Crippen LogP contribution in [0, 0.1) is 0 Å². The van der Waals surface area contributed by atoms with Crippen molar-refractivity contribution in [2.75, 3.05) is 32.8 Å². The molecule has 0 aromatic heterocycles. The Balaban J connectivity index is -0.000000114. The molecule has 0 rings (SSSR count). The van der Waals surface area contributed by atoms with Crippen LogP contribution in [0.15, 0.2) is 109 Å². The van der Waals surface area contributed by atoms with Crippen molar-refractivity contribution in [3.63, 3.8) is 0 Å². The van der Waals surface area contributed by atoms with Crippen LogP contribution in [0.2, 0.25) is 0 Å². The molecule has 0 aliphatic carbocycles. The van der Waals surface area contributed by atoms with Gasteiger partial charge in [-0.25, -0.2) is 0 Å². The van der Waals surface area contributed by atoms with Crippen LogP contribution in [0.4, 0.5) is 0 Å². The third kappa shape index (κ3) is 38.0. The minimum atomic E-state index is -3.59. The predicted octanol–water partition coefficient (Wildman–Crippen LogP) is 3.52. The largest absolute Gasteiger partial charge is 0.366 e. The average Bonchev–Trinajstić information content (AvgIpc) is 2.96. The summed E-state index contributed by atoms with van der Waals surface area (Å²) in [5, 5.41) is 2.40. The molecule has 0 bridgehead atoms. The first-order valence-electron chi connectivity index (χ1n) is 12.3. The van der Waals surface area contributed by atoms with E-state index in [0.29, 0.717) is 11.1 Å². The summed E-state index contributed by atoms with van der Waals surface area (Å²) < 4.78 is 76.9. The number of hydrogen-bond acceptors (Lipinski definition) is 11. The standard InChI is InChI=1S/C9H8.C7H13NO4S.C6H10O3S.C5H10O3S.C3H5NO.H2/c1-4-6-7-8-9(3)5-2;1-4-7(9)8-6(2)5-13(10,11)12-3;1-5(2)6(3)10(7,8)9-4;1-5(2)4-9(6,7)8-3;1-2-3(4)5;/h5H,1-2H2,3H3;4,6H,1,5H2,2-3H3,(H,8,9);1,3H2,2,4H3;1,4H2,2-3H3;2H,1H2,(H2,4,5);1H. The smallest absolute Gasteiger partial charge is 0.296 e. The molecule has 0 aliphatic heterocycles. The summed E-state index contributed by atoms with van der Waals surface area (Å²) in [5.74, 6) is -1.23. The van der Waals surface area contributed by atoms with Crippen molar-refractivity contribution in [1.82, 2.24) is 5.32 Å². The van der Waals surface area contributed by atoms with Crippen LogP contribution in [-0.4, -0.2) is 75.9 Å². The van der Waals surface area contributed by atoms with Gasteiger partial charge in [-0.15, -0.1) is 0 Å². The maximum absolute atomic E-state index is 10.9. The molecule has 1 atom stereocenters. The lowest BCUT2D eigenvalue weighted by Gasteiger charge is -2.11. The second-order valence-electron chi connectivity index (χ2n) is 8.20. The fourth-order valence-electron chi connectivity index (χ4n) is 1.62. The Hall–Kier alpha value is -4.03. The Morgan fingerprint density at radius 1 is 0.848 bits per heavy atom. The van der Waals surface area contributed by atoms with Crippen LogP contribution >= 0.6 is 0 Å². The first-order chi connectivity index (χ1) is 20.9. The molecular weight excluding hydrogens is 661 g/mol. The summed E-state index contributed by atoms with van der Waals surface area (Å²) in [7, 11) is -7.13. The summed E-state index contributed by atoms with van der Waals surface area (Å²) in [6.07, 6.45) is 3.83. The molecule has 0 fully saturated rings. The zero-order chi connectivity index (χ0) is 37.7. The van der Waals surface area contributed by atoms with Crippen molar-refractivity contribution in [2.45, 2.75) is 33.7 Å². The summed E-state index contributed by atoms with van der Waals surface area (Å²) in [6, 6.07) is -0.490. The van der Waals surface area contributed by atoms with E-state index in [1.165, 1.54) is 0 Å². The molecule has 3 N–H and O–H groups in total. The molecule has 0 heterocycles. The topological polar surface area (TPSA) is 202 Å². The highest BCUT2D eigenvalue weighted by atomic mass is 32.2. The SMILES string of the molecule is C=C(C)C(=C)S(=O)(=O)OC.C=C(C)CS(=O)(=O)OC.C=C=C=C=C=C(C)C=C.C=CC(=O)NC(C)CS(=O)(=O)OC.C=CC(N)=O.[HH]. The number of nitrogens with two attached hydrogens (primary N) is 1. The van der Waals surface area contributed by atoms with E-state index in [0.717, 1.165) is 39.1 Å². The van der Waals surface area contributed by atoms with E-state index in [1.54, 1.807) is 26.8 Å². The molecule has 0 aromatic carbocycles. The van der Waals surface area contributed by atoms with E-state index in [1.807, 2.05) is 6.92 Å². The normalized spacial score (nSPS) is 10.2. The number of allylic oxidation sites excluding steroid dienone is 3. The van der Waals surface area contributed by atoms with Gasteiger partial charge in [0.2, 0.25) is 11.8 Å². The van der Waals surface area contributed by atoms with E-state index < -0.39 is 48.2 Å². The fraction of sp³-hybridized carbons (Fsp3) is 0.333. The molecule has 1 unspecified atom stereocenters. The average molecular weight is 709 g/mol. The summed E-state index contributed by atoms with van der Waals surface area (Å²) in [4.78, 5) is 20.1. The lowest BCUT2D eigenvalue weighted by Crippen LogP contribution is -2.36. The van der Waals surface area contributed by atoms with Crippen molar-refractivity contribution in [3.05, 3.63) is 109 Å². The molecule has 0 spiro atoms. The molecule has 0 radical (unpaired) electrons. The van der Waals surface area contributed by atoms with Gasteiger partial charge >= 0.3 is 0 Å². The number of rotatable bonds is 13. The van der Waals surface area contributed by atoms with E-state index in [4.69, 9.17) is 0 Å². The van der Waals surface area contributed by atoms with Gasteiger partial charge in [-0.3, -0.25) is 22.1 Å². The van der Waals surface area contributed by atoms with Gasteiger partial charge in [0, 0.05) is 7.47 Å². The summed E-state index contributed by atoms with van der Waals surface area (Å²) >= 11 is 0. The Kier molecular flexibility index (Phi) is 31.9. The van der Waals surface area contributed by atoms with Crippen molar-refractivity contribution in [1.29, 1.82) is 0 Å². The highest BCUT2D eigenvalue weighted by Gasteiger charge is 2.15. The number of primary amides is 1. The Morgan fingerprint density at radius 3 is 1.54 bits per heavy atom. The molecule has 2 amide bonds. The molecular formula is C30H48N2O11S3. The van der Waals surface area contributed by atoms with Crippen LogP contribution in [0.5, 0.6) is 0 Å². The minimum Gasteiger partial charge on any atom is -0.366 e. The Labute approximate surface area is 276 Å². The van der Waals surface area contributed by atoms with Gasteiger partial charge in [-0.05, 0) is 69.0 Å². The predicted molar refractivity (Wildman–Crippen MR) is 185 cm³/mol. The molecule has 0 aromatic rings. The molecule has 0 saturated carbocycles. The quantitative estimate of drug-likeness (QED) is 0.0932. The lowest BCUT2D eigenvalue weighted by molar-refractivity contribution is -0.117. The van der Waals surface area contributed by atoms with Crippen LogP contribution < -0.4 is 11.1 Å². The van der Waals surface area contributed by atoms with Crippen molar-refractivity contribution >= 4 is 42.2 Å². The Bertz CT molecular complexity index is 1570. The minimum absolute atomic E-state index is 0. The maximum Gasteiger partial charge on any atom is 0.296 e. The van der Waals surface area contributed by atoms with Gasteiger partial charge < -0.3 is 11.1 Å². The van der Waals surface area contributed by atoms with E-state index >= 15 is 0 Å². The van der Waals surface area contributed by atoms with Crippen LogP contribution in [0.3, 0.4) is 0 Å². The monoisotopic (exact) mass is 708 g/mol. The van der Waals surface area contributed by atoms with E-state index in [2.05, 4.69) is 92.6 Å². The fourth-order valence-corrected chi connectivity index (χ4v) is 3.80.